The zero-order valence-electron chi connectivity index (χ0n) is 19.0. The lowest BCUT2D eigenvalue weighted by molar-refractivity contribution is -0.153. The van der Waals surface area contributed by atoms with Crippen LogP contribution in [-0.4, -0.2) is 97.5 Å². The van der Waals surface area contributed by atoms with Crippen molar-refractivity contribution in [2.45, 2.75) is 46.6 Å². The van der Waals surface area contributed by atoms with Crippen molar-refractivity contribution < 1.29 is 14.3 Å². The maximum absolute atomic E-state index is 12.7. The Bertz CT molecular complexity index is 584. The number of ether oxygens (including phenoxy) is 1. The summed E-state index contributed by atoms with van der Waals surface area (Å²) in [7, 11) is 1.71. The number of guanidine groups is 1. The zero-order valence-corrected chi connectivity index (χ0v) is 19.0. The zero-order chi connectivity index (χ0) is 21.6. The summed E-state index contributed by atoms with van der Waals surface area (Å²) in [6.45, 7) is 15.5. The third-order valence-electron chi connectivity index (χ3n) is 5.27. The van der Waals surface area contributed by atoms with Gasteiger partial charge in [-0.05, 0) is 39.0 Å². The monoisotopic (exact) mass is 409 g/mol. The van der Waals surface area contributed by atoms with Gasteiger partial charge in [-0.2, -0.15) is 0 Å². The largest absolute Gasteiger partial charge is 0.459 e. The third-order valence-corrected chi connectivity index (χ3v) is 5.27. The van der Waals surface area contributed by atoms with Gasteiger partial charge in [0.1, 0.15) is 12.1 Å². The van der Waals surface area contributed by atoms with Gasteiger partial charge in [-0.1, -0.05) is 13.8 Å². The lowest BCUT2D eigenvalue weighted by atomic mass is 9.92. The molecule has 0 aromatic carbocycles. The highest BCUT2D eigenvalue weighted by atomic mass is 16.6. The lowest BCUT2D eigenvalue weighted by Crippen LogP contribution is -2.55. The van der Waals surface area contributed by atoms with Gasteiger partial charge in [0, 0.05) is 46.3 Å². The van der Waals surface area contributed by atoms with Crippen molar-refractivity contribution in [2.75, 3.05) is 59.4 Å². The molecule has 0 aromatic heterocycles. The summed E-state index contributed by atoms with van der Waals surface area (Å²) in [6, 6.07) is 0. The van der Waals surface area contributed by atoms with E-state index in [4.69, 9.17) is 4.74 Å². The lowest BCUT2D eigenvalue weighted by Gasteiger charge is -2.39. The summed E-state index contributed by atoms with van der Waals surface area (Å²) in [4.78, 5) is 35.3. The van der Waals surface area contributed by atoms with E-state index in [0.29, 0.717) is 24.3 Å². The molecule has 0 bridgehead atoms. The number of carbonyl (C=O) groups excluding carboxylic acids is 2. The van der Waals surface area contributed by atoms with E-state index in [-0.39, 0.29) is 18.4 Å². The molecule has 2 heterocycles. The first-order valence-corrected chi connectivity index (χ1v) is 10.7. The van der Waals surface area contributed by atoms with Crippen molar-refractivity contribution in [3.63, 3.8) is 0 Å². The molecule has 0 aliphatic carbocycles. The fourth-order valence-corrected chi connectivity index (χ4v) is 4.14. The van der Waals surface area contributed by atoms with E-state index < -0.39 is 5.60 Å². The summed E-state index contributed by atoms with van der Waals surface area (Å²) in [5.74, 6) is 1.80. The minimum absolute atomic E-state index is 0.0912. The number of piperidine rings is 1. The summed E-state index contributed by atoms with van der Waals surface area (Å²) in [5, 5.41) is 3.09. The third kappa shape index (κ3) is 7.84. The van der Waals surface area contributed by atoms with Gasteiger partial charge in [-0.15, -0.1) is 0 Å². The topological polar surface area (TPSA) is 77.5 Å². The molecule has 0 saturated carbocycles. The Morgan fingerprint density at radius 1 is 1.03 bits per heavy atom. The van der Waals surface area contributed by atoms with Crippen LogP contribution in [0.25, 0.3) is 0 Å². The molecule has 166 valence electrons. The SMILES string of the molecule is CN=C(NCC(=O)OC(C)(C)C)N1CCN(CC(=O)N2CC(C)CC(C)C2)CC1. The molecule has 2 fully saturated rings. The Morgan fingerprint density at radius 3 is 2.14 bits per heavy atom. The molecule has 2 saturated heterocycles. The van der Waals surface area contributed by atoms with Crippen LogP contribution in [-0.2, 0) is 14.3 Å². The fourth-order valence-electron chi connectivity index (χ4n) is 4.14. The van der Waals surface area contributed by atoms with Crippen LogP contribution in [0.2, 0.25) is 0 Å². The number of rotatable bonds is 4. The van der Waals surface area contributed by atoms with E-state index >= 15 is 0 Å². The average Bonchev–Trinajstić information content (AvgIpc) is 2.61. The summed E-state index contributed by atoms with van der Waals surface area (Å²) >= 11 is 0. The highest BCUT2D eigenvalue weighted by Crippen LogP contribution is 2.21. The van der Waals surface area contributed by atoms with Gasteiger partial charge in [-0.3, -0.25) is 19.5 Å². The standard InChI is InChI=1S/C21H39N5O3/c1-16-11-17(2)14-26(13-16)18(27)15-24-7-9-25(10-8-24)20(22-6)23-12-19(28)29-21(3,4)5/h16-17H,7-15H2,1-6H3,(H,22,23). The van der Waals surface area contributed by atoms with Crippen LogP contribution in [0.15, 0.2) is 4.99 Å². The molecule has 8 heteroatoms. The molecule has 2 unspecified atom stereocenters. The molecule has 0 spiro atoms. The van der Waals surface area contributed by atoms with Crippen LogP contribution in [0, 0.1) is 11.8 Å². The van der Waals surface area contributed by atoms with Crippen molar-refractivity contribution in [1.29, 1.82) is 0 Å². The number of hydrogen-bond donors (Lipinski definition) is 1. The molecule has 1 N–H and O–H groups in total. The number of nitrogens with zero attached hydrogens (tertiary/aromatic N) is 4. The van der Waals surface area contributed by atoms with Gasteiger partial charge < -0.3 is 19.9 Å². The number of hydrogen-bond acceptors (Lipinski definition) is 5. The highest BCUT2D eigenvalue weighted by molar-refractivity contribution is 5.84. The quantitative estimate of drug-likeness (QED) is 0.425. The molecular formula is C21H39N5O3. The van der Waals surface area contributed by atoms with Crippen LogP contribution < -0.4 is 5.32 Å². The van der Waals surface area contributed by atoms with E-state index in [1.54, 1.807) is 7.05 Å². The minimum Gasteiger partial charge on any atom is -0.459 e. The predicted octanol–water partition coefficient (Wildman–Crippen LogP) is 1.03. The molecule has 0 radical (unpaired) electrons. The van der Waals surface area contributed by atoms with Gasteiger partial charge in [0.15, 0.2) is 5.96 Å². The molecule has 29 heavy (non-hydrogen) atoms. The second-order valence-corrected chi connectivity index (χ2v) is 9.50. The number of esters is 1. The van der Waals surface area contributed by atoms with Crippen molar-refractivity contribution >= 4 is 17.8 Å². The summed E-state index contributed by atoms with van der Waals surface area (Å²) in [5.41, 5.74) is -0.496. The van der Waals surface area contributed by atoms with Crippen molar-refractivity contribution in [2.24, 2.45) is 16.8 Å². The summed E-state index contributed by atoms with van der Waals surface area (Å²) in [6.07, 6.45) is 1.21. The Kier molecular flexibility index (Phi) is 8.31. The first-order valence-electron chi connectivity index (χ1n) is 10.7. The highest BCUT2D eigenvalue weighted by Gasteiger charge is 2.28. The van der Waals surface area contributed by atoms with Crippen LogP contribution in [0.3, 0.4) is 0 Å². The first kappa shape index (κ1) is 23.4. The van der Waals surface area contributed by atoms with Crippen LogP contribution in [0.4, 0.5) is 0 Å². The van der Waals surface area contributed by atoms with Gasteiger partial charge in [0.25, 0.3) is 0 Å². The van der Waals surface area contributed by atoms with Gasteiger partial charge in [0.05, 0.1) is 6.54 Å². The fraction of sp³-hybridized carbons (Fsp3) is 0.857. The maximum atomic E-state index is 12.7. The molecular weight excluding hydrogens is 370 g/mol. The second kappa shape index (κ2) is 10.3. The first-order chi connectivity index (χ1) is 13.6. The molecule has 2 atom stereocenters. The molecule has 0 aromatic rings. The second-order valence-electron chi connectivity index (χ2n) is 9.50. The number of likely N-dealkylation sites (tertiary alicyclic amines) is 1. The van der Waals surface area contributed by atoms with E-state index in [0.717, 1.165) is 39.3 Å². The van der Waals surface area contributed by atoms with Gasteiger partial charge in [-0.25, -0.2) is 0 Å². The number of carbonyl (C=O) groups is 2. The number of piperazine rings is 1. The summed E-state index contributed by atoms with van der Waals surface area (Å²) < 4.78 is 5.33. The Balaban J connectivity index is 1.75. The van der Waals surface area contributed by atoms with Crippen molar-refractivity contribution in [3.05, 3.63) is 0 Å². The number of aliphatic imine (C=N–C) groups is 1. The van der Waals surface area contributed by atoms with E-state index in [2.05, 4.69) is 34.0 Å². The molecule has 8 nitrogen and oxygen atoms in total. The molecule has 1 amide bonds. The predicted molar refractivity (Wildman–Crippen MR) is 115 cm³/mol. The Hall–Kier alpha value is -1.83. The maximum Gasteiger partial charge on any atom is 0.325 e. The van der Waals surface area contributed by atoms with Crippen molar-refractivity contribution in [1.82, 2.24) is 20.0 Å². The minimum atomic E-state index is -0.496. The molecule has 2 aliphatic heterocycles. The van der Waals surface area contributed by atoms with Crippen LogP contribution in [0.5, 0.6) is 0 Å². The number of amides is 1. The van der Waals surface area contributed by atoms with E-state index in [1.807, 2.05) is 25.7 Å². The average molecular weight is 410 g/mol. The molecule has 2 rings (SSSR count). The van der Waals surface area contributed by atoms with E-state index in [9.17, 15) is 9.59 Å². The van der Waals surface area contributed by atoms with Gasteiger partial charge >= 0.3 is 5.97 Å². The Labute approximate surface area is 175 Å². The van der Waals surface area contributed by atoms with Crippen molar-refractivity contribution in [3.8, 4) is 0 Å². The molecule has 2 aliphatic rings. The Morgan fingerprint density at radius 2 is 1.62 bits per heavy atom. The number of nitrogens with one attached hydrogen (secondary N) is 1. The van der Waals surface area contributed by atoms with Crippen LogP contribution in [0.1, 0.15) is 41.0 Å². The van der Waals surface area contributed by atoms with E-state index in [1.165, 1.54) is 6.42 Å². The normalized spacial score (nSPS) is 24.4. The van der Waals surface area contributed by atoms with Crippen LogP contribution >= 0.6 is 0 Å². The smallest absolute Gasteiger partial charge is 0.325 e. The van der Waals surface area contributed by atoms with Gasteiger partial charge in [0.2, 0.25) is 5.91 Å².